The highest BCUT2D eigenvalue weighted by Gasteiger charge is 2.17. The first kappa shape index (κ1) is 25.9. The van der Waals surface area contributed by atoms with Crippen molar-refractivity contribution in [1.29, 1.82) is 0 Å². The Morgan fingerprint density at radius 1 is 1.00 bits per heavy atom. The number of nitrogens with one attached hydrogen (secondary N) is 3. The Kier molecular flexibility index (Phi) is 7.78. The number of carbonyl (C=O) groups is 2. The monoisotopic (exact) mass is 526 g/mol. The third kappa shape index (κ3) is 6.21. The molecule has 0 spiro atoms. The molecule has 3 aromatic rings. The molecule has 0 unspecified atom stereocenters. The fraction of sp³-hybridized carbons (Fsp3) is 0.250. The maximum Gasteiger partial charge on any atom is 0.255 e. The number of amides is 2. The standard InChI is InChI=1S/C28H30N8O3/c1-19-4-5-20(16-24(19)33-28-31-8-6-25(34-28)36-9-3-7-30-18-36)27(38)32-22-14-21(26(37)29-2)15-23(17-22)35-10-12-39-13-11-35/h3-9,14-17H,10-13,18H2,1-2H3,(H,29,37)(H,32,38)(H,31,33,34). The molecule has 0 saturated carbocycles. The summed E-state index contributed by atoms with van der Waals surface area (Å²) in [6, 6.07) is 12.6. The van der Waals surface area contributed by atoms with Gasteiger partial charge < -0.3 is 30.5 Å². The fourth-order valence-corrected chi connectivity index (χ4v) is 4.29. The van der Waals surface area contributed by atoms with Crippen LogP contribution in [0.25, 0.3) is 0 Å². The second-order valence-corrected chi connectivity index (χ2v) is 9.08. The molecule has 0 radical (unpaired) electrons. The molecule has 11 nitrogen and oxygen atoms in total. The Hall–Kier alpha value is -4.77. The van der Waals surface area contributed by atoms with Crippen LogP contribution in [0.1, 0.15) is 26.3 Å². The van der Waals surface area contributed by atoms with E-state index in [2.05, 4.69) is 35.8 Å². The molecule has 2 aliphatic rings. The van der Waals surface area contributed by atoms with Gasteiger partial charge in [0.05, 0.1) is 13.2 Å². The van der Waals surface area contributed by atoms with Gasteiger partial charge in [0.25, 0.3) is 11.8 Å². The van der Waals surface area contributed by atoms with Gasteiger partial charge in [0.15, 0.2) is 0 Å². The Morgan fingerprint density at radius 2 is 1.85 bits per heavy atom. The van der Waals surface area contributed by atoms with E-state index in [0.29, 0.717) is 67.2 Å². The summed E-state index contributed by atoms with van der Waals surface area (Å²) in [6.07, 6.45) is 7.17. The third-order valence-corrected chi connectivity index (χ3v) is 6.41. The van der Waals surface area contributed by atoms with Crippen molar-refractivity contribution >= 4 is 46.9 Å². The first-order valence-electron chi connectivity index (χ1n) is 12.7. The molecule has 2 amide bonds. The van der Waals surface area contributed by atoms with E-state index in [-0.39, 0.29) is 11.8 Å². The molecule has 3 N–H and O–H groups in total. The summed E-state index contributed by atoms with van der Waals surface area (Å²) in [6.45, 7) is 5.07. The van der Waals surface area contributed by atoms with E-state index >= 15 is 0 Å². The number of ether oxygens (including phenoxy) is 1. The Morgan fingerprint density at radius 3 is 2.62 bits per heavy atom. The minimum atomic E-state index is -0.300. The number of morpholine rings is 1. The van der Waals surface area contributed by atoms with Crippen LogP contribution in [0, 0.1) is 6.92 Å². The summed E-state index contributed by atoms with van der Waals surface area (Å²) < 4.78 is 5.46. The molecular formula is C28H30N8O3. The highest BCUT2D eigenvalue weighted by molar-refractivity contribution is 6.06. The summed E-state index contributed by atoms with van der Waals surface area (Å²) in [5, 5.41) is 8.84. The van der Waals surface area contributed by atoms with Gasteiger partial charge >= 0.3 is 0 Å². The number of aromatic nitrogens is 2. The Bertz CT molecular complexity index is 1430. The van der Waals surface area contributed by atoms with E-state index in [9.17, 15) is 9.59 Å². The van der Waals surface area contributed by atoms with Crippen molar-refractivity contribution in [3.8, 4) is 0 Å². The van der Waals surface area contributed by atoms with Gasteiger partial charge in [0.2, 0.25) is 5.95 Å². The van der Waals surface area contributed by atoms with Gasteiger partial charge in [-0.05, 0) is 55.0 Å². The molecule has 2 aliphatic heterocycles. The number of hydrogen-bond donors (Lipinski definition) is 3. The van der Waals surface area contributed by atoms with E-state index in [0.717, 1.165) is 11.3 Å². The third-order valence-electron chi connectivity index (χ3n) is 6.41. The number of aliphatic imine (C=N–C) groups is 1. The number of nitrogens with zero attached hydrogens (tertiary/aromatic N) is 5. The molecule has 0 bridgehead atoms. The second-order valence-electron chi connectivity index (χ2n) is 9.08. The van der Waals surface area contributed by atoms with Gasteiger partial charge in [0, 0.05) is 66.9 Å². The van der Waals surface area contributed by atoms with Crippen molar-refractivity contribution in [2.75, 3.05) is 60.5 Å². The van der Waals surface area contributed by atoms with Crippen LogP contribution in [-0.4, -0.2) is 68.0 Å². The fourth-order valence-electron chi connectivity index (χ4n) is 4.29. The number of rotatable bonds is 7. The van der Waals surface area contributed by atoms with Gasteiger partial charge in [-0.3, -0.25) is 14.6 Å². The predicted molar refractivity (Wildman–Crippen MR) is 152 cm³/mol. The lowest BCUT2D eigenvalue weighted by atomic mass is 10.1. The highest BCUT2D eigenvalue weighted by Crippen LogP contribution is 2.26. The maximum atomic E-state index is 13.3. The van der Waals surface area contributed by atoms with Crippen molar-refractivity contribution in [2.24, 2.45) is 4.99 Å². The molecule has 0 aliphatic carbocycles. The number of aryl methyl sites for hydroxylation is 1. The predicted octanol–water partition coefficient (Wildman–Crippen LogP) is 3.34. The van der Waals surface area contributed by atoms with Crippen LogP contribution in [0.3, 0.4) is 0 Å². The molecule has 11 heteroatoms. The lowest BCUT2D eigenvalue weighted by Gasteiger charge is -2.29. The van der Waals surface area contributed by atoms with E-state index in [1.807, 2.05) is 48.4 Å². The highest BCUT2D eigenvalue weighted by atomic mass is 16.5. The van der Waals surface area contributed by atoms with Crippen LogP contribution in [0.5, 0.6) is 0 Å². The van der Waals surface area contributed by atoms with Crippen LogP contribution in [-0.2, 0) is 4.74 Å². The molecule has 39 heavy (non-hydrogen) atoms. The molecule has 5 rings (SSSR count). The average Bonchev–Trinajstić information content (AvgIpc) is 2.98. The Balaban J connectivity index is 1.36. The van der Waals surface area contributed by atoms with Gasteiger partial charge in [-0.2, -0.15) is 4.98 Å². The van der Waals surface area contributed by atoms with Gasteiger partial charge in [-0.15, -0.1) is 0 Å². The average molecular weight is 527 g/mol. The normalized spacial score (nSPS) is 14.7. The molecule has 2 aromatic carbocycles. The number of allylic oxidation sites excluding steroid dienone is 1. The number of carbonyl (C=O) groups excluding carboxylic acids is 2. The molecule has 1 saturated heterocycles. The molecule has 200 valence electrons. The van der Waals surface area contributed by atoms with Crippen molar-refractivity contribution in [1.82, 2.24) is 15.3 Å². The lowest BCUT2D eigenvalue weighted by molar-refractivity contribution is 0.0961. The smallest absolute Gasteiger partial charge is 0.255 e. The van der Waals surface area contributed by atoms with Crippen LogP contribution < -0.4 is 25.8 Å². The quantitative estimate of drug-likeness (QED) is 0.428. The lowest BCUT2D eigenvalue weighted by Crippen LogP contribution is -2.36. The van der Waals surface area contributed by atoms with Gasteiger partial charge in [-0.1, -0.05) is 6.07 Å². The Labute approximate surface area is 226 Å². The van der Waals surface area contributed by atoms with E-state index in [4.69, 9.17) is 4.74 Å². The van der Waals surface area contributed by atoms with E-state index < -0.39 is 0 Å². The topological polar surface area (TPSA) is 124 Å². The summed E-state index contributed by atoms with van der Waals surface area (Å²) in [5.74, 6) is 0.589. The van der Waals surface area contributed by atoms with Crippen LogP contribution >= 0.6 is 0 Å². The second kappa shape index (κ2) is 11.7. The number of anilines is 5. The SMILES string of the molecule is CNC(=O)c1cc(NC(=O)c2ccc(C)c(Nc3nccc(N4C=CC=NC4)n3)c2)cc(N2CCOCC2)c1. The van der Waals surface area contributed by atoms with Gasteiger partial charge in [0.1, 0.15) is 12.5 Å². The summed E-state index contributed by atoms with van der Waals surface area (Å²) >= 11 is 0. The summed E-state index contributed by atoms with van der Waals surface area (Å²) in [4.78, 5) is 42.9. The summed E-state index contributed by atoms with van der Waals surface area (Å²) in [5.41, 5.74) is 3.94. The molecular weight excluding hydrogens is 496 g/mol. The first-order valence-corrected chi connectivity index (χ1v) is 12.7. The molecule has 1 fully saturated rings. The molecule has 1 aromatic heterocycles. The van der Waals surface area contributed by atoms with Crippen molar-refractivity contribution in [3.05, 3.63) is 77.6 Å². The van der Waals surface area contributed by atoms with Crippen LogP contribution in [0.4, 0.5) is 28.8 Å². The molecule has 0 atom stereocenters. The number of hydrogen-bond acceptors (Lipinski definition) is 9. The zero-order chi connectivity index (χ0) is 27.2. The minimum absolute atomic E-state index is 0.225. The van der Waals surface area contributed by atoms with Crippen LogP contribution in [0.15, 0.2) is 65.9 Å². The van der Waals surface area contributed by atoms with Crippen molar-refractivity contribution in [2.45, 2.75) is 6.92 Å². The first-order chi connectivity index (χ1) is 19.0. The zero-order valence-electron chi connectivity index (χ0n) is 21.8. The van der Waals surface area contributed by atoms with Crippen molar-refractivity contribution < 1.29 is 14.3 Å². The number of benzene rings is 2. The minimum Gasteiger partial charge on any atom is -0.378 e. The maximum absolute atomic E-state index is 13.3. The van der Waals surface area contributed by atoms with Crippen molar-refractivity contribution in [3.63, 3.8) is 0 Å². The molecule has 3 heterocycles. The van der Waals surface area contributed by atoms with E-state index in [1.165, 1.54) is 0 Å². The zero-order valence-corrected chi connectivity index (χ0v) is 21.8. The van der Waals surface area contributed by atoms with E-state index in [1.54, 1.807) is 37.7 Å². The largest absolute Gasteiger partial charge is 0.378 e. The van der Waals surface area contributed by atoms with Crippen LogP contribution in [0.2, 0.25) is 0 Å². The van der Waals surface area contributed by atoms with Gasteiger partial charge in [-0.25, -0.2) is 4.98 Å². The summed E-state index contributed by atoms with van der Waals surface area (Å²) in [7, 11) is 1.58.